The van der Waals surface area contributed by atoms with Gasteiger partial charge in [-0.3, -0.25) is 14.6 Å². The Bertz CT molecular complexity index is 674. The molecule has 126 valence electrons. The zero-order valence-electron chi connectivity index (χ0n) is 13.5. The number of hydrogen-bond acceptors (Lipinski definition) is 3. The van der Waals surface area contributed by atoms with E-state index in [0.29, 0.717) is 26.1 Å². The molecule has 0 unspecified atom stereocenters. The van der Waals surface area contributed by atoms with Crippen molar-refractivity contribution in [1.29, 1.82) is 0 Å². The van der Waals surface area contributed by atoms with E-state index in [1.807, 2.05) is 36.4 Å². The Morgan fingerprint density at radius 3 is 2.54 bits per heavy atom. The van der Waals surface area contributed by atoms with E-state index in [4.69, 9.17) is 0 Å². The van der Waals surface area contributed by atoms with E-state index in [1.54, 1.807) is 17.3 Å². The molecule has 0 aliphatic heterocycles. The second-order valence-corrected chi connectivity index (χ2v) is 6.37. The van der Waals surface area contributed by atoms with E-state index in [-0.39, 0.29) is 11.8 Å². The average Bonchev–Trinajstić information content (AvgIpc) is 2.57. The van der Waals surface area contributed by atoms with Crippen molar-refractivity contribution in [1.82, 2.24) is 15.2 Å². The van der Waals surface area contributed by atoms with Gasteiger partial charge in [-0.2, -0.15) is 0 Å². The number of halogens is 1. The van der Waals surface area contributed by atoms with Crippen LogP contribution in [0.5, 0.6) is 0 Å². The number of pyridine rings is 1. The second kappa shape index (κ2) is 9.17. The highest BCUT2D eigenvalue weighted by atomic mass is 79.9. The summed E-state index contributed by atoms with van der Waals surface area (Å²) in [4.78, 5) is 29.4. The van der Waals surface area contributed by atoms with Crippen molar-refractivity contribution in [2.24, 2.45) is 0 Å². The molecule has 5 nitrogen and oxygen atoms in total. The fourth-order valence-corrected chi connectivity index (χ4v) is 2.50. The van der Waals surface area contributed by atoms with Crippen molar-refractivity contribution in [3.05, 3.63) is 64.4 Å². The number of nitrogens with zero attached hydrogens (tertiary/aromatic N) is 2. The van der Waals surface area contributed by atoms with Crippen molar-refractivity contribution in [2.45, 2.75) is 19.9 Å². The van der Waals surface area contributed by atoms with E-state index in [1.165, 1.54) is 6.92 Å². The maximum Gasteiger partial charge on any atom is 0.224 e. The van der Waals surface area contributed by atoms with Crippen LogP contribution in [-0.2, 0) is 22.6 Å². The van der Waals surface area contributed by atoms with E-state index in [9.17, 15) is 9.59 Å². The van der Waals surface area contributed by atoms with Gasteiger partial charge in [0.2, 0.25) is 11.8 Å². The van der Waals surface area contributed by atoms with Gasteiger partial charge in [-0.05, 0) is 29.3 Å². The Labute approximate surface area is 150 Å². The molecule has 0 bridgehead atoms. The molecule has 0 atom stereocenters. The Balaban J connectivity index is 1.78. The van der Waals surface area contributed by atoms with Crippen LogP contribution in [0.1, 0.15) is 18.1 Å². The van der Waals surface area contributed by atoms with Crippen LogP contribution < -0.4 is 5.32 Å². The van der Waals surface area contributed by atoms with Gasteiger partial charge in [0.05, 0.1) is 6.42 Å². The molecule has 0 radical (unpaired) electrons. The molecule has 0 saturated carbocycles. The number of benzene rings is 1. The molecule has 2 amide bonds. The van der Waals surface area contributed by atoms with Gasteiger partial charge in [0.15, 0.2) is 0 Å². The lowest BCUT2D eigenvalue weighted by molar-refractivity contribution is -0.130. The minimum absolute atomic E-state index is 0.0268. The normalized spacial score (nSPS) is 10.2. The minimum atomic E-state index is -0.0535. The summed E-state index contributed by atoms with van der Waals surface area (Å²) in [7, 11) is 0. The van der Waals surface area contributed by atoms with Gasteiger partial charge in [-0.15, -0.1) is 0 Å². The Morgan fingerprint density at radius 2 is 1.92 bits per heavy atom. The highest BCUT2D eigenvalue weighted by Crippen LogP contribution is 2.10. The van der Waals surface area contributed by atoms with Gasteiger partial charge in [-0.25, -0.2) is 0 Å². The van der Waals surface area contributed by atoms with Crippen LogP contribution in [0.25, 0.3) is 0 Å². The molecule has 2 rings (SSSR count). The number of carbonyl (C=O) groups excluding carboxylic acids is 2. The summed E-state index contributed by atoms with van der Waals surface area (Å²) < 4.78 is 0.985. The molecule has 0 aliphatic rings. The van der Waals surface area contributed by atoms with Crippen LogP contribution in [0.4, 0.5) is 0 Å². The first-order valence-electron chi connectivity index (χ1n) is 7.70. The predicted molar refractivity (Wildman–Crippen MR) is 96.2 cm³/mol. The van der Waals surface area contributed by atoms with Crippen LogP contribution in [0, 0.1) is 0 Å². The predicted octanol–water partition coefficient (Wildman–Crippen LogP) is 2.55. The largest absolute Gasteiger partial charge is 0.354 e. The van der Waals surface area contributed by atoms with Crippen molar-refractivity contribution < 1.29 is 9.59 Å². The zero-order chi connectivity index (χ0) is 17.4. The quantitative estimate of drug-likeness (QED) is 0.791. The van der Waals surface area contributed by atoms with E-state index in [0.717, 1.165) is 15.6 Å². The average molecular weight is 390 g/mol. The van der Waals surface area contributed by atoms with E-state index < -0.39 is 0 Å². The first kappa shape index (κ1) is 18.1. The number of aromatic nitrogens is 1. The molecule has 0 saturated heterocycles. The summed E-state index contributed by atoms with van der Waals surface area (Å²) >= 11 is 3.37. The Morgan fingerprint density at radius 1 is 1.17 bits per heavy atom. The van der Waals surface area contributed by atoms with Gasteiger partial charge >= 0.3 is 0 Å². The van der Waals surface area contributed by atoms with Gasteiger partial charge < -0.3 is 10.2 Å². The third-order valence-corrected chi connectivity index (χ3v) is 4.05. The van der Waals surface area contributed by atoms with Crippen molar-refractivity contribution in [3.63, 3.8) is 0 Å². The zero-order valence-corrected chi connectivity index (χ0v) is 15.1. The lowest BCUT2D eigenvalue weighted by Gasteiger charge is -2.21. The van der Waals surface area contributed by atoms with E-state index in [2.05, 4.69) is 26.2 Å². The van der Waals surface area contributed by atoms with Gasteiger partial charge in [0.1, 0.15) is 0 Å². The maximum atomic E-state index is 12.0. The standard InChI is InChI=1S/C18H20BrN3O2/c1-14(23)22(13-16-3-2-8-20-12-16)10-9-21-18(24)11-15-4-6-17(19)7-5-15/h2-8,12H,9-11,13H2,1H3,(H,21,24). The lowest BCUT2D eigenvalue weighted by atomic mass is 10.1. The number of amides is 2. The topological polar surface area (TPSA) is 62.3 Å². The van der Waals surface area contributed by atoms with Crippen molar-refractivity contribution >= 4 is 27.7 Å². The summed E-state index contributed by atoms with van der Waals surface area (Å²) in [6.45, 7) is 2.91. The highest BCUT2D eigenvalue weighted by molar-refractivity contribution is 9.10. The summed E-state index contributed by atoms with van der Waals surface area (Å²) in [6.07, 6.45) is 3.77. The van der Waals surface area contributed by atoms with Crippen molar-refractivity contribution in [2.75, 3.05) is 13.1 Å². The summed E-state index contributed by atoms with van der Waals surface area (Å²) in [5, 5.41) is 2.86. The lowest BCUT2D eigenvalue weighted by Crippen LogP contribution is -2.37. The molecule has 1 aromatic heterocycles. The molecule has 6 heteroatoms. The number of hydrogen-bond donors (Lipinski definition) is 1. The van der Waals surface area contributed by atoms with Gasteiger partial charge in [-0.1, -0.05) is 34.1 Å². The van der Waals surface area contributed by atoms with Crippen molar-refractivity contribution in [3.8, 4) is 0 Å². The third-order valence-electron chi connectivity index (χ3n) is 3.52. The summed E-state index contributed by atoms with van der Waals surface area (Å²) in [5.74, 6) is -0.0804. The van der Waals surface area contributed by atoms with Gasteiger partial charge in [0, 0.05) is 43.4 Å². The molecular formula is C18H20BrN3O2. The Kier molecular flexibility index (Phi) is 6.93. The van der Waals surface area contributed by atoms with Crippen LogP contribution in [0.3, 0.4) is 0 Å². The molecule has 0 spiro atoms. The summed E-state index contributed by atoms with van der Waals surface area (Å²) in [5.41, 5.74) is 1.92. The molecular weight excluding hydrogens is 370 g/mol. The van der Waals surface area contributed by atoms with Crippen LogP contribution in [-0.4, -0.2) is 34.8 Å². The Hall–Kier alpha value is -2.21. The first-order valence-corrected chi connectivity index (χ1v) is 8.49. The number of carbonyl (C=O) groups is 2. The summed E-state index contributed by atoms with van der Waals surface area (Å²) in [6, 6.07) is 11.4. The molecule has 1 N–H and O–H groups in total. The smallest absolute Gasteiger partial charge is 0.224 e. The molecule has 0 fully saturated rings. The highest BCUT2D eigenvalue weighted by Gasteiger charge is 2.10. The molecule has 24 heavy (non-hydrogen) atoms. The van der Waals surface area contributed by atoms with E-state index >= 15 is 0 Å². The number of rotatable bonds is 7. The molecule has 0 aliphatic carbocycles. The maximum absolute atomic E-state index is 12.0. The molecule has 1 heterocycles. The third kappa shape index (κ3) is 6.12. The van der Waals surface area contributed by atoms with Crippen LogP contribution in [0.2, 0.25) is 0 Å². The molecule has 2 aromatic rings. The SMILES string of the molecule is CC(=O)N(CCNC(=O)Cc1ccc(Br)cc1)Cc1cccnc1. The van der Waals surface area contributed by atoms with Gasteiger partial charge in [0.25, 0.3) is 0 Å². The fourth-order valence-electron chi connectivity index (χ4n) is 2.24. The van der Waals surface area contributed by atoms with Crippen LogP contribution in [0.15, 0.2) is 53.3 Å². The molecule has 1 aromatic carbocycles. The second-order valence-electron chi connectivity index (χ2n) is 5.46. The number of nitrogens with one attached hydrogen (secondary N) is 1. The fraction of sp³-hybridized carbons (Fsp3) is 0.278. The first-order chi connectivity index (χ1) is 11.5. The van der Waals surface area contributed by atoms with Crippen LogP contribution >= 0.6 is 15.9 Å². The monoisotopic (exact) mass is 389 g/mol. The minimum Gasteiger partial charge on any atom is -0.354 e.